The minimum absolute atomic E-state index is 0.0916. The van der Waals surface area contributed by atoms with Crippen LogP contribution in [0.5, 0.6) is 0 Å². The molecule has 4 heteroatoms. The second-order valence-corrected chi connectivity index (χ2v) is 13.2. The molecular formula is C33H35NO2S. The van der Waals surface area contributed by atoms with Crippen LogP contribution < -0.4 is 4.90 Å². The maximum absolute atomic E-state index is 14.3. The monoisotopic (exact) mass is 509 g/mol. The fourth-order valence-electron chi connectivity index (χ4n) is 5.48. The van der Waals surface area contributed by atoms with Gasteiger partial charge in [0.15, 0.2) is 0 Å². The summed E-state index contributed by atoms with van der Waals surface area (Å²) in [6.45, 7) is 12.8. The van der Waals surface area contributed by atoms with Gasteiger partial charge in [0.1, 0.15) is 0 Å². The van der Waals surface area contributed by atoms with Crippen LogP contribution in [0.25, 0.3) is 0 Å². The first kappa shape index (κ1) is 25.3. The lowest BCUT2D eigenvalue weighted by Crippen LogP contribution is -2.33. The van der Waals surface area contributed by atoms with Crippen molar-refractivity contribution in [3.63, 3.8) is 0 Å². The summed E-state index contributed by atoms with van der Waals surface area (Å²) >= 11 is 0. The first-order valence-electron chi connectivity index (χ1n) is 12.9. The van der Waals surface area contributed by atoms with E-state index in [2.05, 4.69) is 82.8 Å². The summed E-state index contributed by atoms with van der Waals surface area (Å²) in [4.78, 5) is 2.92. The summed E-state index contributed by atoms with van der Waals surface area (Å²) in [5.41, 5.74) is 5.06. The number of rotatable bonds is 5. The molecule has 0 unspecified atom stereocenters. The van der Waals surface area contributed by atoms with Gasteiger partial charge >= 0.3 is 0 Å². The van der Waals surface area contributed by atoms with Crippen LogP contribution in [0.15, 0.2) is 107 Å². The van der Waals surface area contributed by atoms with Gasteiger partial charge in [-0.2, -0.15) is 0 Å². The maximum atomic E-state index is 14.3. The molecule has 1 aliphatic heterocycles. The number of sulfone groups is 1. The zero-order valence-electron chi connectivity index (χ0n) is 22.5. The van der Waals surface area contributed by atoms with Gasteiger partial charge in [-0.25, -0.2) is 8.42 Å². The molecule has 0 spiro atoms. The van der Waals surface area contributed by atoms with Gasteiger partial charge in [-0.15, -0.1) is 0 Å². The lowest BCUT2D eigenvalue weighted by molar-refractivity contribution is 0.589. The molecule has 0 aliphatic carbocycles. The average Bonchev–Trinajstić information content (AvgIpc) is 2.89. The lowest BCUT2D eigenvalue weighted by Gasteiger charge is -2.38. The van der Waals surface area contributed by atoms with E-state index in [1.807, 2.05) is 60.7 Å². The first-order chi connectivity index (χ1) is 17.5. The molecule has 37 heavy (non-hydrogen) atoms. The highest BCUT2D eigenvalue weighted by molar-refractivity contribution is 7.92. The fraction of sp³-hybridized carbons (Fsp3) is 0.273. The Kier molecular flexibility index (Phi) is 6.07. The van der Waals surface area contributed by atoms with Gasteiger partial charge in [0.25, 0.3) is 0 Å². The van der Waals surface area contributed by atoms with Gasteiger partial charge < -0.3 is 4.90 Å². The van der Waals surface area contributed by atoms with Crippen LogP contribution >= 0.6 is 0 Å². The van der Waals surface area contributed by atoms with Crippen molar-refractivity contribution >= 4 is 21.2 Å². The highest BCUT2D eigenvalue weighted by Crippen LogP contribution is 2.48. The van der Waals surface area contributed by atoms with E-state index in [4.69, 9.17) is 0 Å². The van der Waals surface area contributed by atoms with Crippen molar-refractivity contribution in [3.8, 4) is 0 Å². The average molecular weight is 510 g/mol. The molecule has 0 radical (unpaired) electrons. The predicted octanol–water partition coefficient (Wildman–Crippen LogP) is 8.03. The number of fused-ring (bicyclic) bond motifs is 2. The second-order valence-electron chi connectivity index (χ2n) is 11.3. The summed E-state index contributed by atoms with van der Waals surface area (Å²) in [5.74, 6) is 0. The smallest absolute Gasteiger partial charge is 0.210 e. The molecular weight excluding hydrogens is 474 g/mol. The van der Waals surface area contributed by atoms with E-state index in [1.165, 1.54) is 0 Å². The molecule has 5 rings (SSSR count). The van der Waals surface area contributed by atoms with Crippen LogP contribution in [0, 0.1) is 0 Å². The third-order valence-electron chi connectivity index (χ3n) is 7.97. The van der Waals surface area contributed by atoms with E-state index in [-0.39, 0.29) is 16.9 Å². The third-order valence-corrected chi connectivity index (χ3v) is 9.78. The predicted molar refractivity (Wildman–Crippen MR) is 153 cm³/mol. The van der Waals surface area contributed by atoms with Crippen molar-refractivity contribution < 1.29 is 8.42 Å². The minimum Gasteiger partial charge on any atom is -0.337 e. The van der Waals surface area contributed by atoms with Crippen molar-refractivity contribution in [2.45, 2.75) is 68.2 Å². The highest BCUT2D eigenvalue weighted by atomic mass is 32.2. The van der Waals surface area contributed by atoms with Gasteiger partial charge in [-0.1, -0.05) is 100 Å². The zero-order chi connectivity index (χ0) is 26.6. The minimum atomic E-state index is -3.74. The quantitative estimate of drug-likeness (QED) is 0.273. The van der Waals surface area contributed by atoms with Crippen LogP contribution in [0.1, 0.15) is 63.8 Å². The molecule has 0 bridgehead atoms. The first-order valence-corrected chi connectivity index (χ1v) is 14.4. The van der Waals surface area contributed by atoms with Crippen molar-refractivity contribution in [1.29, 1.82) is 0 Å². The molecule has 3 nitrogen and oxygen atoms in total. The van der Waals surface area contributed by atoms with Crippen molar-refractivity contribution in [1.82, 2.24) is 0 Å². The largest absolute Gasteiger partial charge is 0.337 e. The van der Waals surface area contributed by atoms with Crippen molar-refractivity contribution in [2.24, 2.45) is 0 Å². The van der Waals surface area contributed by atoms with E-state index in [1.54, 1.807) is 0 Å². The van der Waals surface area contributed by atoms with Gasteiger partial charge in [0.2, 0.25) is 9.84 Å². The molecule has 0 fully saturated rings. The Morgan fingerprint density at radius 2 is 0.946 bits per heavy atom. The van der Waals surface area contributed by atoms with Crippen LogP contribution in [0.4, 0.5) is 11.4 Å². The molecule has 190 valence electrons. The second kappa shape index (κ2) is 8.88. The lowest BCUT2D eigenvalue weighted by atomic mass is 9.78. The summed E-state index contributed by atoms with van der Waals surface area (Å²) < 4.78 is 28.5. The summed E-state index contributed by atoms with van der Waals surface area (Å²) in [6, 6.07) is 32.5. The molecule has 0 aromatic heterocycles. The SMILES string of the molecule is CC(C)N1c2ccc(C(C)(C)c3ccccc3)cc2S(=O)(=O)c2cc(C(C)(C)c3ccccc3)ccc21. The van der Waals surface area contributed by atoms with Crippen molar-refractivity contribution in [3.05, 3.63) is 119 Å². The number of hydrogen-bond donors (Lipinski definition) is 0. The van der Waals surface area contributed by atoms with Crippen LogP contribution in [-0.2, 0) is 20.7 Å². The maximum Gasteiger partial charge on any atom is 0.210 e. The molecule has 1 heterocycles. The Balaban J connectivity index is 1.70. The van der Waals surface area contributed by atoms with E-state index < -0.39 is 9.84 Å². The molecule has 1 aliphatic rings. The Morgan fingerprint density at radius 3 is 1.30 bits per heavy atom. The molecule has 0 N–H and O–H groups in total. The van der Waals surface area contributed by atoms with E-state index in [0.29, 0.717) is 9.79 Å². The summed E-state index contributed by atoms with van der Waals surface area (Å²) in [6.07, 6.45) is 0. The van der Waals surface area contributed by atoms with Crippen LogP contribution in [0.2, 0.25) is 0 Å². The Hall–Kier alpha value is -3.37. The van der Waals surface area contributed by atoms with E-state index in [9.17, 15) is 8.42 Å². The van der Waals surface area contributed by atoms with Crippen molar-refractivity contribution in [2.75, 3.05) is 4.90 Å². The summed E-state index contributed by atoms with van der Waals surface area (Å²) in [5, 5.41) is 0. The topological polar surface area (TPSA) is 37.4 Å². The normalized spacial score (nSPS) is 14.8. The number of benzene rings is 4. The fourth-order valence-corrected chi connectivity index (χ4v) is 7.17. The van der Waals surface area contributed by atoms with Crippen LogP contribution in [-0.4, -0.2) is 14.5 Å². The Bertz CT molecular complexity index is 1440. The van der Waals surface area contributed by atoms with E-state index >= 15 is 0 Å². The highest BCUT2D eigenvalue weighted by Gasteiger charge is 2.38. The standard InChI is InChI=1S/C33H35NO2S/c1-23(2)34-28-19-17-26(32(3,4)24-13-9-7-10-14-24)21-30(28)37(35,36)31-22-27(18-20-29(31)34)33(5,6)25-15-11-8-12-16-25/h7-23H,1-6H3. The van der Waals surface area contributed by atoms with E-state index in [0.717, 1.165) is 33.6 Å². The number of nitrogens with zero attached hydrogens (tertiary/aromatic N) is 1. The third kappa shape index (κ3) is 4.08. The van der Waals surface area contributed by atoms with Crippen LogP contribution in [0.3, 0.4) is 0 Å². The number of hydrogen-bond acceptors (Lipinski definition) is 3. The van der Waals surface area contributed by atoms with Gasteiger partial charge in [0.05, 0.1) is 21.2 Å². The molecule has 4 aromatic carbocycles. The Labute approximate surface area is 221 Å². The number of anilines is 2. The molecule has 0 saturated heterocycles. The zero-order valence-corrected chi connectivity index (χ0v) is 23.3. The molecule has 0 atom stereocenters. The molecule has 0 saturated carbocycles. The van der Waals surface area contributed by atoms with Gasteiger partial charge in [-0.3, -0.25) is 0 Å². The van der Waals surface area contributed by atoms with Gasteiger partial charge in [0, 0.05) is 16.9 Å². The summed E-state index contributed by atoms with van der Waals surface area (Å²) in [7, 11) is -3.74. The van der Waals surface area contributed by atoms with Gasteiger partial charge in [-0.05, 0) is 60.4 Å². The molecule has 4 aromatic rings. The molecule has 0 amide bonds. The Morgan fingerprint density at radius 1 is 0.568 bits per heavy atom.